The van der Waals surface area contributed by atoms with Crippen LogP contribution in [0.2, 0.25) is 0 Å². The normalized spacial score (nSPS) is 11.3. The molecule has 22 heavy (non-hydrogen) atoms. The first-order valence-corrected chi connectivity index (χ1v) is 6.74. The molecule has 118 valence electrons. The average Bonchev–Trinajstić information content (AvgIpc) is 2.89. The molecule has 2 rings (SSSR count). The Morgan fingerprint density at radius 3 is 2.73 bits per heavy atom. The van der Waals surface area contributed by atoms with Gasteiger partial charge in [0.25, 0.3) is 0 Å². The van der Waals surface area contributed by atoms with Crippen molar-refractivity contribution < 1.29 is 27.4 Å². The van der Waals surface area contributed by atoms with Gasteiger partial charge in [-0.2, -0.15) is 10.3 Å². The molecular formula is C12H9BrF3N3O3. The van der Waals surface area contributed by atoms with Crippen molar-refractivity contribution in [1.29, 1.82) is 0 Å². The van der Waals surface area contributed by atoms with Crippen molar-refractivity contribution in [2.24, 2.45) is 0 Å². The maximum absolute atomic E-state index is 12.4. The molecule has 0 aliphatic carbocycles. The third-order valence-electron chi connectivity index (χ3n) is 2.45. The second-order valence-electron chi connectivity index (χ2n) is 3.93. The minimum absolute atomic E-state index is 0.0676. The van der Waals surface area contributed by atoms with Crippen molar-refractivity contribution in [2.75, 3.05) is 6.61 Å². The Morgan fingerprint density at radius 2 is 2.09 bits per heavy atom. The summed E-state index contributed by atoms with van der Waals surface area (Å²) in [5, 5.41) is 9.66. The molecule has 0 bridgehead atoms. The van der Waals surface area contributed by atoms with E-state index in [9.17, 15) is 18.0 Å². The Hall–Kier alpha value is -2.10. The summed E-state index contributed by atoms with van der Waals surface area (Å²) < 4.78 is 45.9. The van der Waals surface area contributed by atoms with Crippen molar-refractivity contribution in [3.05, 3.63) is 28.4 Å². The summed E-state index contributed by atoms with van der Waals surface area (Å²) in [5.41, 5.74) is 0.166. The topological polar surface area (TPSA) is 77.1 Å². The molecule has 1 N–H and O–H groups in total. The van der Waals surface area contributed by atoms with Crippen LogP contribution in [-0.2, 0) is 4.74 Å². The Balaban J connectivity index is 2.40. The van der Waals surface area contributed by atoms with Crippen LogP contribution in [0.3, 0.4) is 0 Å². The minimum Gasteiger partial charge on any atom is -0.461 e. The Bertz CT molecular complexity index is 688. The molecule has 0 saturated carbocycles. The largest absolute Gasteiger partial charge is 0.573 e. The fourth-order valence-electron chi connectivity index (χ4n) is 1.63. The number of hydrogen-bond donors (Lipinski definition) is 1. The van der Waals surface area contributed by atoms with Gasteiger partial charge >= 0.3 is 12.3 Å². The number of hydrogen-bond acceptors (Lipinski definition) is 5. The third kappa shape index (κ3) is 3.75. The highest BCUT2D eigenvalue weighted by atomic mass is 79.9. The van der Waals surface area contributed by atoms with Crippen LogP contribution in [-0.4, -0.2) is 34.3 Å². The van der Waals surface area contributed by atoms with E-state index in [1.165, 1.54) is 12.1 Å². The number of aromatic amines is 1. The Morgan fingerprint density at radius 1 is 1.36 bits per heavy atom. The molecule has 1 heterocycles. The summed E-state index contributed by atoms with van der Waals surface area (Å²) in [6.07, 6.45) is -4.84. The van der Waals surface area contributed by atoms with E-state index < -0.39 is 18.1 Å². The molecule has 0 saturated heterocycles. The maximum atomic E-state index is 12.4. The Kier molecular flexibility index (Phi) is 4.69. The number of ether oxygens (including phenoxy) is 2. The molecule has 0 aliphatic rings. The highest BCUT2D eigenvalue weighted by Gasteiger charge is 2.32. The number of halogens is 4. The molecule has 0 atom stereocenters. The summed E-state index contributed by atoms with van der Waals surface area (Å²) in [6, 6.07) is 3.91. The molecule has 0 unspecified atom stereocenters. The summed E-state index contributed by atoms with van der Waals surface area (Å²) in [6.45, 7) is 1.75. The van der Waals surface area contributed by atoms with Crippen molar-refractivity contribution in [2.45, 2.75) is 13.3 Å². The molecule has 0 fully saturated rings. The molecule has 2 aromatic rings. The number of H-pyrrole nitrogens is 1. The van der Waals surface area contributed by atoms with Gasteiger partial charge in [-0.15, -0.1) is 18.3 Å². The van der Waals surface area contributed by atoms with Gasteiger partial charge in [-0.25, -0.2) is 4.79 Å². The van der Waals surface area contributed by atoms with Gasteiger partial charge in [0.1, 0.15) is 11.4 Å². The molecule has 0 aliphatic heterocycles. The number of carbonyl (C=O) groups excluding carboxylic acids is 1. The first kappa shape index (κ1) is 16.3. The standard InChI is InChI=1S/C12H9BrF3N3O3/c1-2-21-11(20)10-9(17-19-18-10)6-3-4-7(13)8(5-6)22-12(14,15)16/h3-5H,2H2,1H3,(H,17,18,19). The van der Waals surface area contributed by atoms with Crippen molar-refractivity contribution in [1.82, 2.24) is 15.4 Å². The highest BCUT2D eigenvalue weighted by Crippen LogP contribution is 2.34. The molecule has 0 radical (unpaired) electrons. The van der Waals surface area contributed by atoms with Crippen LogP contribution in [0.1, 0.15) is 17.4 Å². The lowest BCUT2D eigenvalue weighted by atomic mass is 10.1. The van der Waals surface area contributed by atoms with E-state index in [0.29, 0.717) is 0 Å². The molecule has 1 aromatic carbocycles. The van der Waals surface area contributed by atoms with Gasteiger partial charge in [0.2, 0.25) is 0 Å². The predicted octanol–water partition coefficient (Wildman–Crippen LogP) is 3.31. The minimum atomic E-state index is -4.84. The summed E-state index contributed by atoms with van der Waals surface area (Å²) in [4.78, 5) is 11.7. The van der Waals surface area contributed by atoms with E-state index in [0.717, 1.165) is 6.07 Å². The van der Waals surface area contributed by atoms with Gasteiger partial charge < -0.3 is 9.47 Å². The number of benzene rings is 1. The van der Waals surface area contributed by atoms with Crippen molar-refractivity contribution in [3.63, 3.8) is 0 Å². The van der Waals surface area contributed by atoms with E-state index >= 15 is 0 Å². The quantitative estimate of drug-likeness (QED) is 0.824. The lowest BCUT2D eigenvalue weighted by molar-refractivity contribution is -0.274. The SMILES string of the molecule is CCOC(=O)c1n[nH]nc1-c1ccc(Br)c(OC(F)(F)F)c1. The van der Waals surface area contributed by atoms with Crippen LogP contribution in [0.5, 0.6) is 5.75 Å². The monoisotopic (exact) mass is 379 g/mol. The van der Waals surface area contributed by atoms with E-state index in [1.807, 2.05) is 0 Å². The zero-order valence-corrected chi connectivity index (χ0v) is 12.7. The number of alkyl halides is 3. The average molecular weight is 380 g/mol. The van der Waals surface area contributed by atoms with Crippen LogP contribution in [0.4, 0.5) is 13.2 Å². The molecule has 10 heteroatoms. The van der Waals surface area contributed by atoms with Crippen LogP contribution in [0.25, 0.3) is 11.3 Å². The van der Waals surface area contributed by atoms with Crippen molar-refractivity contribution in [3.8, 4) is 17.0 Å². The van der Waals surface area contributed by atoms with E-state index in [2.05, 4.69) is 36.1 Å². The number of nitrogens with one attached hydrogen (secondary N) is 1. The van der Waals surface area contributed by atoms with Gasteiger partial charge in [0.05, 0.1) is 11.1 Å². The van der Waals surface area contributed by atoms with Gasteiger partial charge in [-0.1, -0.05) is 6.07 Å². The van der Waals surface area contributed by atoms with Gasteiger partial charge in [-0.3, -0.25) is 0 Å². The number of rotatable bonds is 4. The number of nitrogens with zero attached hydrogens (tertiary/aromatic N) is 2. The number of carbonyl (C=O) groups is 1. The molecule has 1 aromatic heterocycles. The summed E-state index contributed by atoms with van der Waals surface area (Å²) in [7, 11) is 0. The molecule has 6 nitrogen and oxygen atoms in total. The van der Waals surface area contributed by atoms with Crippen LogP contribution in [0, 0.1) is 0 Å². The number of aromatic nitrogens is 3. The molecule has 0 amide bonds. The van der Waals surface area contributed by atoms with Crippen molar-refractivity contribution >= 4 is 21.9 Å². The fraction of sp³-hybridized carbons (Fsp3) is 0.250. The molecular weight excluding hydrogens is 371 g/mol. The van der Waals surface area contributed by atoms with Crippen LogP contribution >= 0.6 is 15.9 Å². The first-order valence-electron chi connectivity index (χ1n) is 5.95. The summed E-state index contributed by atoms with van der Waals surface area (Å²) >= 11 is 2.96. The van der Waals surface area contributed by atoms with Gasteiger partial charge in [-0.05, 0) is 35.0 Å². The first-order chi connectivity index (χ1) is 10.3. The second-order valence-corrected chi connectivity index (χ2v) is 4.79. The van der Waals surface area contributed by atoms with Gasteiger partial charge in [0, 0.05) is 5.56 Å². The van der Waals surface area contributed by atoms with E-state index in [-0.39, 0.29) is 28.0 Å². The van der Waals surface area contributed by atoms with E-state index in [1.54, 1.807) is 6.92 Å². The number of esters is 1. The smallest absolute Gasteiger partial charge is 0.461 e. The second kappa shape index (κ2) is 6.34. The van der Waals surface area contributed by atoms with Crippen LogP contribution < -0.4 is 4.74 Å². The van der Waals surface area contributed by atoms with Crippen LogP contribution in [0.15, 0.2) is 22.7 Å². The zero-order chi connectivity index (χ0) is 16.3. The highest BCUT2D eigenvalue weighted by molar-refractivity contribution is 9.10. The Labute approximate surface area is 130 Å². The fourth-order valence-corrected chi connectivity index (χ4v) is 1.96. The maximum Gasteiger partial charge on any atom is 0.573 e. The zero-order valence-electron chi connectivity index (χ0n) is 11.1. The lowest BCUT2D eigenvalue weighted by Crippen LogP contribution is -2.17. The van der Waals surface area contributed by atoms with Gasteiger partial charge in [0.15, 0.2) is 5.69 Å². The summed E-state index contributed by atoms with van der Waals surface area (Å²) in [5.74, 6) is -1.18. The van der Waals surface area contributed by atoms with E-state index in [4.69, 9.17) is 4.74 Å². The molecule has 0 spiro atoms. The lowest BCUT2D eigenvalue weighted by Gasteiger charge is -2.11. The predicted molar refractivity (Wildman–Crippen MR) is 72.2 cm³/mol. The third-order valence-corrected chi connectivity index (χ3v) is 3.10.